The van der Waals surface area contributed by atoms with E-state index in [0.717, 1.165) is 28.6 Å². The lowest BCUT2D eigenvalue weighted by molar-refractivity contribution is -0.178. The molecule has 3 heterocycles. The Kier molecular flexibility index (Phi) is 6.70. The van der Waals surface area contributed by atoms with Gasteiger partial charge in [0.25, 0.3) is 0 Å². The van der Waals surface area contributed by atoms with Gasteiger partial charge in [0.1, 0.15) is 35.5 Å². The number of aromatic nitrogens is 4. The highest BCUT2D eigenvalue weighted by Crippen LogP contribution is 2.38. The number of rotatable bonds is 5. The molecule has 3 aromatic rings. The van der Waals surface area contributed by atoms with Crippen molar-refractivity contribution in [1.82, 2.24) is 20.0 Å². The summed E-state index contributed by atoms with van der Waals surface area (Å²) in [5, 5.41) is 39.2. The second kappa shape index (κ2) is 9.33. The third-order valence-corrected chi connectivity index (χ3v) is 6.20. The number of aliphatic hydroxyl groups is 3. The molecule has 1 aliphatic rings. The maximum absolute atomic E-state index is 13.6. The van der Waals surface area contributed by atoms with E-state index in [-0.39, 0.29) is 11.3 Å². The highest BCUT2D eigenvalue weighted by Gasteiger charge is 2.46. The molecule has 0 saturated carbocycles. The van der Waals surface area contributed by atoms with Crippen LogP contribution < -0.4 is 0 Å². The fraction of sp³-hybridized carbons (Fsp3) is 0.316. The predicted octanol–water partition coefficient (Wildman–Crippen LogP) is 2.18. The van der Waals surface area contributed by atoms with Crippen LogP contribution in [0.1, 0.15) is 6.04 Å². The van der Waals surface area contributed by atoms with E-state index in [9.17, 15) is 28.5 Å². The summed E-state index contributed by atoms with van der Waals surface area (Å²) >= 11 is 7.01. The van der Waals surface area contributed by atoms with Crippen molar-refractivity contribution in [2.75, 3.05) is 6.61 Å². The smallest absolute Gasteiger partial charge is 0.194 e. The van der Waals surface area contributed by atoms with E-state index in [0.29, 0.717) is 9.92 Å². The van der Waals surface area contributed by atoms with Gasteiger partial charge in [0.2, 0.25) is 0 Å². The Morgan fingerprint density at radius 3 is 2.47 bits per heavy atom. The molecule has 2 unspecified atom stereocenters. The van der Waals surface area contributed by atoms with Gasteiger partial charge in [-0.15, -0.1) is 5.10 Å². The number of halogens is 4. The summed E-state index contributed by atoms with van der Waals surface area (Å²) in [4.78, 5) is 4.53. The molecule has 8 nitrogen and oxygen atoms in total. The van der Waals surface area contributed by atoms with Crippen molar-refractivity contribution in [2.45, 2.75) is 34.7 Å². The van der Waals surface area contributed by atoms with Gasteiger partial charge >= 0.3 is 0 Å². The van der Waals surface area contributed by atoms with Crippen molar-refractivity contribution in [1.29, 1.82) is 0 Å². The van der Waals surface area contributed by atoms with Crippen LogP contribution in [0.3, 0.4) is 0 Å². The van der Waals surface area contributed by atoms with Crippen LogP contribution in [-0.4, -0.2) is 65.7 Å². The van der Waals surface area contributed by atoms with Crippen molar-refractivity contribution in [3.63, 3.8) is 0 Å². The SMILES string of the molecule is OCC1O[C@H](Sc2cncc(Cl)c2)C(O)[C@@H](n2cc(-c3cc(F)c(F)c(F)c3)nn2)[C@H]1O. The summed E-state index contributed by atoms with van der Waals surface area (Å²) in [6.45, 7) is -0.550. The lowest BCUT2D eigenvalue weighted by Crippen LogP contribution is -2.55. The van der Waals surface area contributed by atoms with E-state index in [1.807, 2.05) is 0 Å². The minimum absolute atomic E-state index is 0.0162. The second-order valence-electron chi connectivity index (χ2n) is 6.99. The first kappa shape index (κ1) is 23.0. The van der Waals surface area contributed by atoms with E-state index in [1.165, 1.54) is 18.6 Å². The molecule has 0 spiro atoms. The zero-order chi connectivity index (χ0) is 23.0. The van der Waals surface area contributed by atoms with Crippen LogP contribution in [-0.2, 0) is 4.74 Å². The van der Waals surface area contributed by atoms with E-state index < -0.39 is 53.8 Å². The molecule has 13 heteroatoms. The van der Waals surface area contributed by atoms with E-state index in [4.69, 9.17) is 16.3 Å². The maximum Gasteiger partial charge on any atom is 0.194 e. The molecule has 0 radical (unpaired) electrons. The summed E-state index contributed by atoms with van der Waals surface area (Å²) in [6, 6.07) is 1.99. The molecule has 1 fully saturated rings. The number of benzene rings is 1. The molecule has 1 aromatic carbocycles. The van der Waals surface area contributed by atoms with Gasteiger partial charge in [-0.3, -0.25) is 4.98 Å². The standard InChI is InChI=1S/C19H16ClF3N4O4S/c20-9-3-10(5-24-4-9)32-19-18(30)16(17(29)14(7-28)31-19)27-6-13(25-26-27)8-1-11(21)15(23)12(22)2-8/h1-6,14,16-19,28-30H,7H2/t14?,16-,17-,18?,19+/m0/s1. The number of nitrogens with zero attached hydrogens (tertiary/aromatic N) is 4. The maximum atomic E-state index is 13.6. The minimum Gasteiger partial charge on any atom is -0.394 e. The van der Waals surface area contributed by atoms with Crippen LogP contribution in [0.25, 0.3) is 11.3 Å². The first-order valence-corrected chi connectivity index (χ1v) is 10.5. The highest BCUT2D eigenvalue weighted by atomic mass is 35.5. The van der Waals surface area contributed by atoms with Gasteiger partial charge in [0.05, 0.1) is 17.8 Å². The molecular formula is C19H16ClF3N4O4S. The van der Waals surface area contributed by atoms with Crippen LogP contribution in [0.15, 0.2) is 41.7 Å². The largest absolute Gasteiger partial charge is 0.394 e. The number of thioether (sulfide) groups is 1. The number of ether oxygens (including phenoxy) is 1. The summed E-state index contributed by atoms with van der Waals surface area (Å²) in [5.41, 5.74) is -1.05. The summed E-state index contributed by atoms with van der Waals surface area (Å²) in [6.07, 6.45) is 0.387. The Labute approximate surface area is 188 Å². The summed E-state index contributed by atoms with van der Waals surface area (Å²) in [5.74, 6) is -4.40. The lowest BCUT2D eigenvalue weighted by Gasteiger charge is -2.41. The van der Waals surface area contributed by atoms with Crippen LogP contribution in [0.2, 0.25) is 5.02 Å². The van der Waals surface area contributed by atoms with E-state index in [2.05, 4.69) is 15.3 Å². The average Bonchev–Trinajstić information content (AvgIpc) is 3.23. The van der Waals surface area contributed by atoms with Crippen molar-refractivity contribution >= 4 is 23.4 Å². The first-order valence-electron chi connectivity index (χ1n) is 9.25. The third kappa shape index (κ3) is 4.47. The zero-order valence-electron chi connectivity index (χ0n) is 16.0. The van der Waals surface area contributed by atoms with Crippen LogP contribution in [0, 0.1) is 17.5 Å². The first-order chi connectivity index (χ1) is 15.3. The molecular weight excluding hydrogens is 473 g/mol. The summed E-state index contributed by atoms with van der Waals surface area (Å²) in [7, 11) is 0. The Balaban J connectivity index is 1.64. The number of pyridine rings is 1. The van der Waals surface area contributed by atoms with Gasteiger partial charge in [-0.05, 0) is 18.2 Å². The van der Waals surface area contributed by atoms with E-state index in [1.54, 1.807) is 6.07 Å². The van der Waals surface area contributed by atoms with Gasteiger partial charge < -0.3 is 20.1 Å². The topological polar surface area (TPSA) is 114 Å². The fourth-order valence-electron chi connectivity index (χ4n) is 3.33. The van der Waals surface area contributed by atoms with Crippen LogP contribution in [0.4, 0.5) is 13.2 Å². The van der Waals surface area contributed by atoms with Crippen LogP contribution in [0.5, 0.6) is 0 Å². The minimum atomic E-state index is -1.61. The average molecular weight is 489 g/mol. The number of hydrogen-bond acceptors (Lipinski definition) is 8. The fourth-order valence-corrected chi connectivity index (χ4v) is 4.65. The van der Waals surface area contributed by atoms with Crippen molar-refractivity contribution in [3.8, 4) is 11.3 Å². The molecule has 170 valence electrons. The predicted molar refractivity (Wildman–Crippen MR) is 107 cm³/mol. The molecule has 0 bridgehead atoms. The Morgan fingerprint density at radius 1 is 1.09 bits per heavy atom. The molecule has 1 saturated heterocycles. The van der Waals surface area contributed by atoms with E-state index >= 15 is 0 Å². The van der Waals surface area contributed by atoms with Gasteiger partial charge in [-0.25, -0.2) is 17.9 Å². The third-order valence-electron chi connectivity index (χ3n) is 4.88. The number of hydrogen-bond donors (Lipinski definition) is 3. The Bertz CT molecular complexity index is 1100. The van der Waals surface area contributed by atoms with Crippen molar-refractivity contribution in [2.24, 2.45) is 0 Å². The monoisotopic (exact) mass is 488 g/mol. The number of aliphatic hydroxyl groups excluding tert-OH is 3. The van der Waals surface area contributed by atoms with Gasteiger partial charge in [-0.2, -0.15) is 0 Å². The Morgan fingerprint density at radius 2 is 1.81 bits per heavy atom. The second-order valence-corrected chi connectivity index (χ2v) is 8.60. The normalized spacial score (nSPS) is 25.8. The molecule has 1 aliphatic heterocycles. The van der Waals surface area contributed by atoms with Gasteiger partial charge in [-0.1, -0.05) is 28.6 Å². The Hall–Kier alpha value is -2.22. The highest BCUT2D eigenvalue weighted by molar-refractivity contribution is 7.99. The molecule has 2 aromatic heterocycles. The van der Waals surface area contributed by atoms with Gasteiger partial charge in [0.15, 0.2) is 17.5 Å². The molecule has 32 heavy (non-hydrogen) atoms. The van der Waals surface area contributed by atoms with Crippen molar-refractivity contribution in [3.05, 3.63) is 59.3 Å². The van der Waals surface area contributed by atoms with Gasteiger partial charge in [0, 0.05) is 22.9 Å². The molecule has 0 amide bonds. The lowest BCUT2D eigenvalue weighted by atomic mass is 9.97. The molecule has 0 aliphatic carbocycles. The molecule has 4 rings (SSSR count). The molecule has 5 atom stereocenters. The summed E-state index contributed by atoms with van der Waals surface area (Å²) < 4.78 is 47.2. The quantitative estimate of drug-likeness (QED) is 0.468. The molecule has 3 N–H and O–H groups in total. The zero-order valence-corrected chi connectivity index (χ0v) is 17.6. The van der Waals surface area contributed by atoms with Crippen LogP contribution >= 0.6 is 23.4 Å². The van der Waals surface area contributed by atoms with Crippen molar-refractivity contribution < 1.29 is 33.2 Å².